The van der Waals surface area contributed by atoms with Crippen molar-refractivity contribution in [2.24, 2.45) is 11.3 Å². The van der Waals surface area contributed by atoms with Crippen LogP contribution in [-0.2, 0) is 31.8 Å². The molecule has 2 aromatic rings. The van der Waals surface area contributed by atoms with Gasteiger partial charge in [-0.25, -0.2) is 4.79 Å². The van der Waals surface area contributed by atoms with Crippen molar-refractivity contribution in [1.82, 2.24) is 5.32 Å². The lowest BCUT2D eigenvalue weighted by Gasteiger charge is -2.45. The Morgan fingerprint density at radius 2 is 1.88 bits per heavy atom. The molecule has 1 amide bonds. The maximum atomic E-state index is 12.8. The van der Waals surface area contributed by atoms with Crippen molar-refractivity contribution in [2.45, 2.75) is 103 Å². The molecule has 2 heterocycles. The molecule has 4 rings (SSSR count). The second-order valence-corrected chi connectivity index (χ2v) is 12.5. The van der Waals surface area contributed by atoms with Crippen LogP contribution in [0.2, 0.25) is 0 Å². The number of esters is 1. The molecule has 4 N–H and O–H groups in total. The average Bonchev–Trinajstić information content (AvgIpc) is 2.95. The smallest absolute Gasteiger partial charge is 0.342 e. The summed E-state index contributed by atoms with van der Waals surface area (Å²) in [6, 6.07) is 11.2. The van der Waals surface area contributed by atoms with E-state index in [4.69, 9.17) is 14.2 Å². The third-order valence-corrected chi connectivity index (χ3v) is 9.08. The Kier molecular flexibility index (Phi) is 10.2. The molecule has 1 fully saturated rings. The van der Waals surface area contributed by atoms with Crippen molar-refractivity contribution in [3.63, 3.8) is 0 Å². The largest absolute Gasteiger partial charge is 0.508 e. The van der Waals surface area contributed by atoms with Gasteiger partial charge in [0, 0.05) is 38.4 Å². The van der Waals surface area contributed by atoms with E-state index in [1.54, 1.807) is 14.0 Å². The van der Waals surface area contributed by atoms with Gasteiger partial charge in [0.15, 0.2) is 6.23 Å². The molecule has 6 atom stereocenters. The van der Waals surface area contributed by atoms with Crippen molar-refractivity contribution in [2.75, 3.05) is 7.11 Å². The number of carbonyl (C=O) groups is 2. The van der Waals surface area contributed by atoms with Crippen LogP contribution < -0.4 is 5.32 Å². The Hall–Kier alpha value is -3.14. The van der Waals surface area contributed by atoms with Crippen LogP contribution >= 0.6 is 0 Å². The summed E-state index contributed by atoms with van der Waals surface area (Å²) in [5.41, 5.74) is 2.07. The molecule has 9 heteroatoms. The van der Waals surface area contributed by atoms with Crippen LogP contribution in [0.15, 0.2) is 36.4 Å². The molecule has 2 aromatic carbocycles. The SMILES string of the molecule is CO[C@H](NC(=O)CCCc1ccccc1)[C@@H]1CCC(C)(C)[C@@H](C[C@H](O)[C@@H](C)[C@H]2Cc3c(C)c(O)cc(O)c3C(=O)O2)O1. The molecule has 9 nitrogen and oxygen atoms in total. The monoisotopic (exact) mass is 583 g/mol. The highest BCUT2D eigenvalue weighted by Crippen LogP contribution is 2.41. The molecule has 0 spiro atoms. The predicted molar refractivity (Wildman–Crippen MR) is 157 cm³/mol. The summed E-state index contributed by atoms with van der Waals surface area (Å²) in [6.45, 7) is 7.71. The van der Waals surface area contributed by atoms with Gasteiger partial charge in [-0.1, -0.05) is 51.1 Å². The first-order valence-electron chi connectivity index (χ1n) is 14.9. The third kappa shape index (κ3) is 7.25. The maximum absolute atomic E-state index is 12.8. The lowest BCUT2D eigenvalue weighted by atomic mass is 9.75. The van der Waals surface area contributed by atoms with Gasteiger partial charge in [0.05, 0.1) is 12.2 Å². The number of fused-ring (bicyclic) bond motifs is 1. The summed E-state index contributed by atoms with van der Waals surface area (Å²) in [4.78, 5) is 25.5. The van der Waals surface area contributed by atoms with E-state index in [9.17, 15) is 24.9 Å². The second kappa shape index (κ2) is 13.4. The van der Waals surface area contributed by atoms with Crippen LogP contribution in [0.3, 0.4) is 0 Å². The highest BCUT2D eigenvalue weighted by molar-refractivity contribution is 5.96. The van der Waals surface area contributed by atoms with Crippen LogP contribution in [0.25, 0.3) is 0 Å². The number of hydrogen-bond donors (Lipinski definition) is 4. The minimum atomic E-state index is -0.854. The molecule has 0 saturated carbocycles. The maximum Gasteiger partial charge on any atom is 0.342 e. The number of phenols is 2. The highest BCUT2D eigenvalue weighted by atomic mass is 16.6. The molecule has 0 bridgehead atoms. The lowest BCUT2D eigenvalue weighted by Crippen LogP contribution is -2.53. The number of cyclic esters (lactones) is 1. The molecule has 0 aliphatic carbocycles. The fraction of sp³-hybridized carbons (Fsp3) is 0.576. The highest BCUT2D eigenvalue weighted by Gasteiger charge is 2.43. The normalized spacial score (nSPS) is 23.8. The quantitative estimate of drug-likeness (QED) is 0.223. The van der Waals surface area contributed by atoms with Gasteiger partial charge >= 0.3 is 5.97 Å². The van der Waals surface area contributed by atoms with Crippen LogP contribution in [0.5, 0.6) is 11.5 Å². The van der Waals surface area contributed by atoms with Gasteiger partial charge in [-0.15, -0.1) is 0 Å². The fourth-order valence-corrected chi connectivity index (χ4v) is 6.07. The van der Waals surface area contributed by atoms with Gasteiger partial charge in [0.1, 0.15) is 29.3 Å². The first-order chi connectivity index (χ1) is 19.9. The van der Waals surface area contributed by atoms with Crippen LogP contribution in [-0.4, -0.2) is 64.9 Å². The van der Waals surface area contributed by atoms with E-state index in [1.807, 2.05) is 25.1 Å². The van der Waals surface area contributed by atoms with Gasteiger partial charge in [-0.3, -0.25) is 4.79 Å². The number of rotatable bonds is 11. The molecular weight excluding hydrogens is 538 g/mol. The van der Waals surface area contributed by atoms with Crippen molar-refractivity contribution in [1.29, 1.82) is 0 Å². The summed E-state index contributed by atoms with van der Waals surface area (Å²) in [5, 5.41) is 34.7. The number of carbonyl (C=O) groups excluding carboxylic acids is 2. The summed E-state index contributed by atoms with van der Waals surface area (Å²) in [5.74, 6) is -1.61. The zero-order chi connectivity index (χ0) is 30.6. The first-order valence-corrected chi connectivity index (χ1v) is 14.9. The van der Waals surface area contributed by atoms with E-state index in [2.05, 4.69) is 31.3 Å². The van der Waals surface area contributed by atoms with Crippen molar-refractivity contribution >= 4 is 11.9 Å². The minimum absolute atomic E-state index is 0.0653. The summed E-state index contributed by atoms with van der Waals surface area (Å²) < 4.78 is 17.8. The standard InChI is InChI=1S/C33H45NO8/c1-19-22-16-27(42-32(39)30(22)25(37)17-23(19)35)20(2)24(36)18-28-33(3,4)15-14-26(41-28)31(40-5)34-29(38)13-9-12-21-10-7-6-8-11-21/h6-8,10-11,17,20,24,26-28,31,35-37H,9,12-16,18H2,1-5H3,(H,34,38)/t20-,24+,26+,27-,28-,31+/m1/s1. The van der Waals surface area contributed by atoms with Gasteiger partial charge in [-0.2, -0.15) is 0 Å². The molecule has 42 heavy (non-hydrogen) atoms. The van der Waals surface area contributed by atoms with Gasteiger partial charge in [0.25, 0.3) is 0 Å². The Labute approximate surface area is 248 Å². The number of aliphatic hydroxyl groups excluding tert-OH is 1. The molecule has 2 aliphatic rings. The first kappa shape index (κ1) is 31.8. The number of aliphatic hydroxyl groups is 1. The Balaban J connectivity index is 1.36. The molecule has 2 aliphatic heterocycles. The minimum Gasteiger partial charge on any atom is -0.508 e. The van der Waals surface area contributed by atoms with E-state index < -0.39 is 30.3 Å². The van der Waals surface area contributed by atoms with Crippen molar-refractivity contribution in [3.8, 4) is 11.5 Å². The molecule has 0 radical (unpaired) electrons. The number of phenolic OH excluding ortho intramolecular Hbond substituents is 2. The topological polar surface area (TPSA) is 135 Å². The molecule has 0 unspecified atom stereocenters. The lowest BCUT2D eigenvalue weighted by molar-refractivity contribution is -0.181. The zero-order valence-electron chi connectivity index (χ0n) is 25.3. The number of aryl methyl sites for hydroxylation is 1. The van der Waals surface area contributed by atoms with Crippen molar-refractivity contribution < 1.29 is 39.1 Å². The third-order valence-electron chi connectivity index (χ3n) is 9.08. The van der Waals surface area contributed by atoms with E-state index >= 15 is 0 Å². The Morgan fingerprint density at radius 1 is 1.17 bits per heavy atom. The predicted octanol–water partition coefficient (Wildman–Crippen LogP) is 4.56. The number of aromatic hydroxyl groups is 2. The van der Waals surface area contributed by atoms with Crippen LogP contribution in [0.4, 0.5) is 0 Å². The van der Waals surface area contributed by atoms with Crippen LogP contribution in [0.1, 0.15) is 79.9 Å². The molecule has 0 aromatic heterocycles. The molecular formula is C33H45NO8. The van der Waals surface area contributed by atoms with E-state index in [0.717, 1.165) is 25.3 Å². The number of hydrogen-bond acceptors (Lipinski definition) is 8. The van der Waals surface area contributed by atoms with E-state index in [0.29, 0.717) is 30.4 Å². The van der Waals surface area contributed by atoms with Gasteiger partial charge in [-0.05, 0) is 54.7 Å². The van der Waals surface area contributed by atoms with Gasteiger partial charge in [0.2, 0.25) is 5.91 Å². The van der Waals surface area contributed by atoms with E-state index in [1.165, 1.54) is 5.56 Å². The molecule has 230 valence electrons. The Morgan fingerprint density at radius 3 is 2.57 bits per heavy atom. The average molecular weight is 584 g/mol. The zero-order valence-corrected chi connectivity index (χ0v) is 25.3. The number of benzene rings is 2. The van der Waals surface area contributed by atoms with E-state index in [-0.39, 0.29) is 47.0 Å². The summed E-state index contributed by atoms with van der Waals surface area (Å²) >= 11 is 0. The second-order valence-electron chi connectivity index (χ2n) is 12.5. The van der Waals surface area contributed by atoms with Crippen LogP contribution in [0, 0.1) is 18.3 Å². The number of amides is 1. The van der Waals surface area contributed by atoms with Crippen molar-refractivity contribution in [3.05, 3.63) is 58.7 Å². The van der Waals surface area contributed by atoms with Gasteiger partial charge < -0.3 is 34.8 Å². The summed E-state index contributed by atoms with van der Waals surface area (Å²) in [6.07, 6.45) is 1.21. The summed E-state index contributed by atoms with van der Waals surface area (Å²) in [7, 11) is 1.55. The Bertz CT molecular complexity index is 1250. The number of nitrogens with one attached hydrogen (secondary N) is 1. The fourth-order valence-electron chi connectivity index (χ4n) is 6.07. The number of ether oxygens (including phenoxy) is 3. The molecule has 1 saturated heterocycles. The number of methoxy groups -OCH3 is 1.